The number of esters is 2. The fourth-order valence-corrected chi connectivity index (χ4v) is 2.84. The molecule has 0 unspecified atom stereocenters. The zero-order valence-electron chi connectivity index (χ0n) is 19.6. The Morgan fingerprint density at radius 3 is 1.30 bits per heavy atom. The lowest BCUT2D eigenvalue weighted by Crippen LogP contribution is -2.49. The van der Waals surface area contributed by atoms with Gasteiger partial charge in [0.05, 0.1) is 12.8 Å². The van der Waals surface area contributed by atoms with Crippen LogP contribution in [0.5, 0.6) is 0 Å². The molecule has 0 aliphatic rings. The molecule has 2 atom stereocenters. The number of rotatable bonds is 12. The Hall–Kier alpha value is -4.94. The van der Waals surface area contributed by atoms with Gasteiger partial charge in [-0.2, -0.15) is 0 Å². The Bertz CT molecular complexity index is 1020. The van der Waals surface area contributed by atoms with Gasteiger partial charge in [0.1, 0.15) is 25.3 Å². The lowest BCUT2D eigenvalue weighted by molar-refractivity contribution is -0.163. The number of benzene rings is 2. The molecular formula is C24H26N4O9. The number of nitrogens with one attached hydrogen (secondary N) is 2. The molecule has 2 aromatic carbocycles. The summed E-state index contributed by atoms with van der Waals surface area (Å²) < 4.78 is 14.6. The molecule has 0 aliphatic carbocycles. The van der Waals surface area contributed by atoms with Crippen molar-refractivity contribution in [3.8, 4) is 0 Å². The molecule has 0 radical (unpaired) electrons. The molecule has 0 saturated heterocycles. The van der Waals surface area contributed by atoms with Crippen molar-refractivity contribution >= 4 is 35.9 Å². The first-order valence-electron chi connectivity index (χ1n) is 10.9. The Morgan fingerprint density at radius 1 is 0.622 bits per heavy atom. The highest BCUT2D eigenvalue weighted by atomic mass is 16.6. The van der Waals surface area contributed by atoms with Gasteiger partial charge in [-0.05, 0) is 11.1 Å². The van der Waals surface area contributed by atoms with Gasteiger partial charge in [0.2, 0.25) is 11.8 Å². The van der Waals surface area contributed by atoms with E-state index in [2.05, 4.69) is 15.4 Å². The third kappa shape index (κ3) is 10.9. The van der Waals surface area contributed by atoms with Gasteiger partial charge in [0.25, 0.3) is 0 Å². The number of primary amides is 2. The minimum atomic E-state index is -1.69. The summed E-state index contributed by atoms with van der Waals surface area (Å²) in [7, 11) is 0. The molecule has 0 aliphatic heterocycles. The van der Waals surface area contributed by atoms with Crippen LogP contribution in [0.15, 0.2) is 60.7 Å². The molecule has 2 aromatic rings. The first-order valence-corrected chi connectivity index (χ1v) is 10.9. The minimum absolute atomic E-state index is 0.139. The summed E-state index contributed by atoms with van der Waals surface area (Å²) in [4.78, 5) is 72.0. The van der Waals surface area contributed by atoms with Gasteiger partial charge in [-0.3, -0.25) is 9.59 Å². The van der Waals surface area contributed by atoms with Crippen LogP contribution < -0.4 is 22.1 Å². The van der Waals surface area contributed by atoms with E-state index < -0.39 is 60.9 Å². The van der Waals surface area contributed by atoms with E-state index in [0.717, 1.165) is 0 Å². The lowest BCUT2D eigenvalue weighted by Gasteiger charge is -2.19. The van der Waals surface area contributed by atoms with E-state index in [1.54, 1.807) is 60.7 Å². The zero-order valence-corrected chi connectivity index (χ0v) is 19.6. The van der Waals surface area contributed by atoms with Crippen LogP contribution in [0.25, 0.3) is 0 Å². The predicted octanol–water partition coefficient (Wildman–Crippen LogP) is 0.397. The van der Waals surface area contributed by atoms with Gasteiger partial charge in [-0.1, -0.05) is 60.7 Å². The first-order chi connectivity index (χ1) is 17.6. The molecule has 37 heavy (non-hydrogen) atoms. The van der Waals surface area contributed by atoms with E-state index in [4.69, 9.17) is 20.9 Å². The number of nitrogens with two attached hydrogens (primary N) is 2. The molecule has 4 amide bonds. The first kappa shape index (κ1) is 28.3. The summed E-state index contributed by atoms with van der Waals surface area (Å²) in [5.74, 6) is -4.74. The third-order valence-electron chi connectivity index (χ3n) is 4.59. The summed E-state index contributed by atoms with van der Waals surface area (Å²) >= 11 is 0. The molecule has 13 nitrogen and oxygen atoms in total. The average molecular weight is 514 g/mol. The SMILES string of the molecule is NC(=O)C[C@H](NC(=O)OCc1ccccc1)C(=O)OC(=O)[C@H](CC(N)=O)NC(=O)OCc1ccccc1. The second-order valence-electron chi connectivity index (χ2n) is 7.60. The standard InChI is InChI=1S/C24H26N4O9/c25-19(29)11-17(27-23(33)35-13-15-7-3-1-4-8-15)21(31)37-22(32)18(12-20(26)30)28-24(34)36-14-16-9-5-2-6-10-16/h1-10,17-18H,11-14H2,(H2,25,29)(H2,26,30)(H,27,33)(H,28,34)/t17-,18-/m0/s1. The van der Waals surface area contributed by atoms with Crippen LogP contribution in [-0.4, -0.2) is 48.0 Å². The molecule has 0 aromatic heterocycles. The summed E-state index contributed by atoms with van der Waals surface area (Å²) in [6.07, 6.45) is -3.62. The van der Waals surface area contributed by atoms with E-state index in [9.17, 15) is 28.8 Å². The van der Waals surface area contributed by atoms with Crippen molar-refractivity contribution in [3.05, 3.63) is 71.8 Å². The quantitative estimate of drug-likeness (QED) is 0.175. The number of hydrogen-bond acceptors (Lipinski definition) is 9. The second kappa shape index (κ2) is 14.5. The van der Waals surface area contributed by atoms with E-state index in [1.165, 1.54) is 0 Å². The topological polar surface area (TPSA) is 206 Å². The summed E-state index contributed by atoms with van der Waals surface area (Å²) in [6, 6.07) is 13.8. The van der Waals surface area contributed by atoms with Gasteiger partial charge in [0, 0.05) is 0 Å². The fourth-order valence-electron chi connectivity index (χ4n) is 2.84. The Balaban J connectivity index is 1.97. The maximum Gasteiger partial charge on any atom is 0.408 e. The molecule has 0 fully saturated rings. The normalized spacial score (nSPS) is 11.8. The van der Waals surface area contributed by atoms with Crippen molar-refractivity contribution in [3.63, 3.8) is 0 Å². The summed E-state index contributed by atoms with van der Waals surface area (Å²) in [6.45, 7) is -0.278. The molecular weight excluding hydrogens is 488 g/mol. The summed E-state index contributed by atoms with van der Waals surface area (Å²) in [5, 5.41) is 4.18. The molecule has 0 spiro atoms. The second-order valence-corrected chi connectivity index (χ2v) is 7.60. The smallest absolute Gasteiger partial charge is 0.408 e. The van der Waals surface area contributed by atoms with Gasteiger partial charge in [-0.25, -0.2) is 19.2 Å². The van der Waals surface area contributed by atoms with Crippen LogP contribution in [0, 0.1) is 0 Å². The van der Waals surface area contributed by atoms with Crippen molar-refractivity contribution in [2.24, 2.45) is 11.5 Å². The van der Waals surface area contributed by atoms with Crippen LogP contribution in [0.3, 0.4) is 0 Å². The molecule has 0 bridgehead atoms. The van der Waals surface area contributed by atoms with E-state index in [1.807, 2.05) is 0 Å². The Labute approximate surface area is 211 Å². The highest BCUT2D eigenvalue weighted by Gasteiger charge is 2.32. The third-order valence-corrected chi connectivity index (χ3v) is 4.59. The van der Waals surface area contributed by atoms with Crippen molar-refractivity contribution in [1.82, 2.24) is 10.6 Å². The van der Waals surface area contributed by atoms with Gasteiger partial charge >= 0.3 is 24.1 Å². The van der Waals surface area contributed by atoms with Crippen LogP contribution in [0.1, 0.15) is 24.0 Å². The minimum Gasteiger partial charge on any atom is -0.445 e. The molecule has 13 heteroatoms. The largest absolute Gasteiger partial charge is 0.445 e. The highest BCUT2D eigenvalue weighted by molar-refractivity contribution is 5.97. The van der Waals surface area contributed by atoms with Crippen molar-refractivity contribution in [1.29, 1.82) is 0 Å². The Morgan fingerprint density at radius 2 is 0.973 bits per heavy atom. The van der Waals surface area contributed by atoms with E-state index in [0.29, 0.717) is 11.1 Å². The zero-order chi connectivity index (χ0) is 27.2. The lowest BCUT2D eigenvalue weighted by atomic mass is 10.2. The monoisotopic (exact) mass is 514 g/mol. The Kier molecular flexibility index (Phi) is 11.1. The number of carbonyl (C=O) groups is 6. The summed E-state index contributed by atoms with van der Waals surface area (Å²) in [5.41, 5.74) is 11.5. The van der Waals surface area contributed by atoms with Crippen molar-refractivity contribution < 1.29 is 43.0 Å². The van der Waals surface area contributed by atoms with Crippen LogP contribution in [0.4, 0.5) is 9.59 Å². The van der Waals surface area contributed by atoms with E-state index in [-0.39, 0.29) is 13.2 Å². The fraction of sp³-hybridized carbons (Fsp3) is 0.250. The maximum absolute atomic E-state index is 12.5. The number of amides is 4. The van der Waals surface area contributed by atoms with Crippen LogP contribution in [-0.2, 0) is 46.6 Å². The van der Waals surface area contributed by atoms with Crippen molar-refractivity contribution in [2.75, 3.05) is 0 Å². The molecule has 196 valence electrons. The van der Waals surface area contributed by atoms with Crippen molar-refractivity contribution in [2.45, 2.75) is 38.1 Å². The number of hydrogen-bond donors (Lipinski definition) is 4. The maximum atomic E-state index is 12.5. The van der Waals surface area contributed by atoms with Gasteiger partial charge in [-0.15, -0.1) is 0 Å². The highest BCUT2D eigenvalue weighted by Crippen LogP contribution is 2.05. The van der Waals surface area contributed by atoms with Crippen LogP contribution in [0.2, 0.25) is 0 Å². The van der Waals surface area contributed by atoms with E-state index >= 15 is 0 Å². The molecule has 0 heterocycles. The van der Waals surface area contributed by atoms with Crippen LogP contribution >= 0.6 is 0 Å². The van der Waals surface area contributed by atoms with Gasteiger partial charge in [0.15, 0.2) is 0 Å². The molecule has 2 rings (SSSR count). The number of ether oxygens (including phenoxy) is 3. The predicted molar refractivity (Wildman–Crippen MR) is 126 cm³/mol. The molecule has 0 saturated carbocycles. The number of alkyl carbamates (subject to hydrolysis) is 2. The average Bonchev–Trinajstić information content (AvgIpc) is 2.86. The number of carbonyl (C=O) groups excluding carboxylic acids is 6. The van der Waals surface area contributed by atoms with Gasteiger partial charge < -0.3 is 36.3 Å². The molecule has 6 N–H and O–H groups in total.